The lowest BCUT2D eigenvalue weighted by Crippen LogP contribution is -2.48. The number of nitrogens with zero attached hydrogens (tertiary/aromatic N) is 2. The molecule has 0 aromatic heterocycles. The standard InChI is InChI=1S/C18H28N2O3/c1-4-10-19-11-12-23-16(13-19)14-20(15(3)21)17-8-6-7-9-18(17)22-5-2/h6-9,16H,4-5,10-14H2,1-3H3. The van der Waals surface area contributed by atoms with E-state index in [1.54, 1.807) is 11.8 Å². The Balaban J connectivity index is 2.11. The summed E-state index contributed by atoms with van der Waals surface area (Å²) in [5.41, 5.74) is 0.818. The molecular formula is C18H28N2O3. The monoisotopic (exact) mass is 320 g/mol. The van der Waals surface area contributed by atoms with E-state index in [2.05, 4.69) is 11.8 Å². The minimum absolute atomic E-state index is 0.00775. The first-order valence-corrected chi connectivity index (χ1v) is 8.49. The molecule has 1 unspecified atom stereocenters. The molecule has 1 aliphatic heterocycles. The van der Waals surface area contributed by atoms with Crippen LogP contribution in [0.4, 0.5) is 5.69 Å². The van der Waals surface area contributed by atoms with Gasteiger partial charge in [0, 0.05) is 20.0 Å². The molecule has 1 amide bonds. The van der Waals surface area contributed by atoms with Crippen molar-refractivity contribution in [3.63, 3.8) is 0 Å². The van der Waals surface area contributed by atoms with Gasteiger partial charge in [0.1, 0.15) is 5.75 Å². The minimum Gasteiger partial charge on any atom is -0.492 e. The fourth-order valence-corrected chi connectivity index (χ4v) is 2.97. The summed E-state index contributed by atoms with van der Waals surface area (Å²) in [6.45, 7) is 10.5. The molecule has 5 heteroatoms. The second-order valence-electron chi connectivity index (χ2n) is 5.82. The van der Waals surface area contributed by atoms with Crippen LogP contribution in [0.3, 0.4) is 0 Å². The molecular weight excluding hydrogens is 292 g/mol. The molecule has 1 aromatic carbocycles. The Morgan fingerprint density at radius 2 is 2.17 bits per heavy atom. The second kappa shape index (κ2) is 8.89. The van der Waals surface area contributed by atoms with Crippen LogP contribution in [0.2, 0.25) is 0 Å². The van der Waals surface area contributed by atoms with Crippen LogP contribution in [-0.4, -0.2) is 56.3 Å². The van der Waals surface area contributed by atoms with Gasteiger partial charge in [-0.05, 0) is 32.0 Å². The summed E-state index contributed by atoms with van der Waals surface area (Å²) in [5.74, 6) is 0.750. The lowest BCUT2D eigenvalue weighted by Gasteiger charge is -2.35. The van der Waals surface area contributed by atoms with E-state index >= 15 is 0 Å². The highest BCUT2D eigenvalue weighted by Crippen LogP contribution is 2.28. The van der Waals surface area contributed by atoms with E-state index in [-0.39, 0.29) is 12.0 Å². The lowest BCUT2D eigenvalue weighted by atomic mass is 10.2. The Kier molecular flexibility index (Phi) is 6.86. The van der Waals surface area contributed by atoms with Crippen LogP contribution in [-0.2, 0) is 9.53 Å². The summed E-state index contributed by atoms with van der Waals surface area (Å²) in [7, 11) is 0. The third-order valence-electron chi connectivity index (χ3n) is 3.98. The zero-order chi connectivity index (χ0) is 16.7. The number of morpholine rings is 1. The van der Waals surface area contributed by atoms with E-state index in [0.29, 0.717) is 13.2 Å². The van der Waals surface area contributed by atoms with Gasteiger partial charge in [0.05, 0.1) is 31.5 Å². The number of hydrogen-bond donors (Lipinski definition) is 0. The molecule has 0 N–H and O–H groups in total. The van der Waals surface area contributed by atoms with Gasteiger partial charge in [0.25, 0.3) is 0 Å². The first-order valence-electron chi connectivity index (χ1n) is 8.49. The fraction of sp³-hybridized carbons (Fsp3) is 0.611. The van der Waals surface area contributed by atoms with Crippen LogP contribution in [0.15, 0.2) is 24.3 Å². The molecule has 1 fully saturated rings. The maximum absolute atomic E-state index is 12.2. The van der Waals surface area contributed by atoms with Gasteiger partial charge < -0.3 is 14.4 Å². The maximum atomic E-state index is 12.2. The number of anilines is 1. The van der Waals surface area contributed by atoms with E-state index in [9.17, 15) is 4.79 Å². The normalized spacial score (nSPS) is 18.7. The fourth-order valence-electron chi connectivity index (χ4n) is 2.97. The largest absolute Gasteiger partial charge is 0.492 e. The molecule has 0 saturated carbocycles. The molecule has 1 atom stereocenters. The second-order valence-corrected chi connectivity index (χ2v) is 5.82. The van der Waals surface area contributed by atoms with Gasteiger partial charge in [-0.25, -0.2) is 0 Å². The number of amides is 1. The van der Waals surface area contributed by atoms with E-state index in [1.165, 1.54) is 0 Å². The average molecular weight is 320 g/mol. The van der Waals surface area contributed by atoms with Crippen molar-refractivity contribution >= 4 is 11.6 Å². The third kappa shape index (κ3) is 4.94. The molecule has 5 nitrogen and oxygen atoms in total. The van der Waals surface area contributed by atoms with Gasteiger partial charge in [-0.15, -0.1) is 0 Å². The average Bonchev–Trinajstić information content (AvgIpc) is 2.54. The topological polar surface area (TPSA) is 42.0 Å². The van der Waals surface area contributed by atoms with Gasteiger partial charge >= 0.3 is 0 Å². The Labute approximate surface area is 139 Å². The van der Waals surface area contributed by atoms with Crippen molar-refractivity contribution in [2.75, 3.05) is 44.3 Å². The zero-order valence-electron chi connectivity index (χ0n) is 14.5. The molecule has 23 heavy (non-hydrogen) atoms. The summed E-state index contributed by atoms with van der Waals surface area (Å²) in [5, 5.41) is 0. The van der Waals surface area contributed by atoms with E-state index in [0.717, 1.165) is 44.1 Å². The summed E-state index contributed by atoms with van der Waals surface area (Å²) in [4.78, 5) is 16.4. The van der Waals surface area contributed by atoms with Crippen LogP contribution in [0, 0.1) is 0 Å². The van der Waals surface area contributed by atoms with Crippen molar-refractivity contribution in [3.05, 3.63) is 24.3 Å². The molecule has 1 aromatic rings. The van der Waals surface area contributed by atoms with Gasteiger partial charge in [-0.3, -0.25) is 9.69 Å². The van der Waals surface area contributed by atoms with Crippen LogP contribution in [0.1, 0.15) is 27.2 Å². The molecule has 1 saturated heterocycles. The van der Waals surface area contributed by atoms with E-state index in [4.69, 9.17) is 9.47 Å². The number of para-hydroxylation sites is 2. The van der Waals surface area contributed by atoms with E-state index in [1.807, 2.05) is 31.2 Å². The summed E-state index contributed by atoms with van der Waals surface area (Å²) in [6, 6.07) is 7.69. The molecule has 1 aliphatic rings. The van der Waals surface area contributed by atoms with Crippen LogP contribution >= 0.6 is 0 Å². The highest BCUT2D eigenvalue weighted by atomic mass is 16.5. The highest BCUT2D eigenvalue weighted by Gasteiger charge is 2.25. The van der Waals surface area contributed by atoms with Gasteiger partial charge in [-0.1, -0.05) is 19.1 Å². The van der Waals surface area contributed by atoms with Crippen LogP contribution in [0.25, 0.3) is 0 Å². The number of rotatable bonds is 7. The van der Waals surface area contributed by atoms with Crippen molar-refractivity contribution in [1.29, 1.82) is 0 Å². The SMILES string of the molecule is CCCN1CCOC(CN(C(C)=O)c2ccccc2OCC)C1. The van der Waals surface area contributed by atoms with Gasteiger partial charge in [-0.2, -0.15) is 0 Å². The Bertz CT molecular complexity index is 505. The highest BCUT2D eigenvalue weighted by molar-refractivity contribution is 5.93. The molecule has 0 aliphatic carbocycles. The van der Waals surface area contributed by atoms with Crippen molar-refractivity contribution < 1.29 is 14.3 Å². The summed E-state index contributed by atoms with van der Waals surface area (Å²) < 4.78 is 11.6. The smallest absolute Gasteiger partial charge is 0.224 e. The molecule has 0 radical (unpaired) electrons. The zero-order valence-corrected chi connectivity index (χ0v) is 14.5. The predicted octanol–water partition coefficient (Wildman–Crippen LogP) is 2.55. The Hall–Kier alpha value is -1.59. The van der Waals surface area contributed by atoms with Gasteiger partial charge in [0.2, 0.25) is 5.91 Å². The number of ether oxygens (including phenoxy) is 2. The van der Waals surface area contributed by atoms with Crippen molar-refractivity contribution in [2.24, 2.45) is 0 Å². The van der Waals surface area contributed by atoms with Crippen molar-refractivity contribution in [3.8, 4) is 5.75 Å². The van der Waals surface area contributed by atoms with Crippen LogP contribution in [0.5, 0.6) is 5.75 Å². The quantitative estimate of drug-likeness (QED) is 0.774. The van der Waals surface area contributed by atoms with Crippen LogP contribution < -0.4 is 9.64 Å². The first kappa shape index (κ1) is 17.8. The molecule has 2 rings (SSSR count). The van der Waals surface area contributed by atoms with E-state index < -0.39 is 0 Å². The third-order valence-corrected chi connectivity index (χ3v) is 3.98. The maximum Gasteiger partial charge on any atom is 0.224 e. The van der Waals surface area contributed by atoms with Gasteiger partial charge in [0.15, 0.2) is 0 Å². The number of hydrogen-bond acceptors (Lipinski definition) is 4. The summed E-state index contributed by atoms with van der Waals surface area (Å²) >= 11 is 0. The first-order chi connectivity index (χ1) is 11.2. The van der Waals surface area contributed by atoms with Crippen molar-refractivity contribution in [1.82, 2.24) is 4.90 Å². The molecule has 128 valence electrons. The summed E-state index contributed by atoms with van der Waals surface area (Å²) in [6.07, 6.45) is 1.17. The molecule has 1 heterocycles. The molecule has 0 bridgehead atoms. The number of carbonyl (C=O) groups excluding carboxylic acids is 1. The molecule has 0 spiro atoms. The Morgan fingerprint density at radius 3 is 2.87 bits per heavy atom. The van der Waals surface area contributed by atoms with Crippen molar-refractivity contribution in [2.45, 2.75) is 33.3 Å². The number of benzene rings is 1. The Morgan fingerprint density at radius 1 is 1.39 bits per heavy atom. The lowest BCUT2D eigenvalue weighted by molar-refractivity contribution is -0.117. The number of carbonyl (C=O) groups is 1. The predicted molar refractivity (Wildman–Crippen MR) is 92.1 cm³/mol. The minimum atomic E-state index is 0.00775.